The van der Waals surface area contributed by atoms with Gasteiger partial charge >= 0.3 is 0 Å². The van der Waals surface area contributed by atoms with Gasteiger partial charge in [-0.25, -0.2) is 15.3 Å². The summed E-state index contributed by atoms with van der Waals surface area (Å²) in [4.78, 5) is 8.84. The van der Waals surface area contributed by atoms with E-state index in [-0.39, 0.29) is 0 Å². The van der Waals surface area contributed by atoms with E-state index >= 15 is 0 Å². The average molecular weight is 188 g/mol. The van der Waals surface area contributed by atoms with Crippen LogP contribution in [0.5, 0.6) is 0 Å². The molecule has 0 atom stereocenters. The first kappa shape index (κ1) is 9.19. The topological polar surface area (TPSA) is 39.4 Å². The standard InChI is InChI=1S/C11H14N3/c1-4-5-9-13-10-7(2)6-8(3)12-11(10)14-9/h6H,4-5H2,1-3H3. The Morgan fingerprint density at radius 2 is 2.07 bits per heavy atom. The molecule has 0 aromatic carbocycles. The lowest BCUT2D eigenvalue weighted by molar-refractivity contribution is 0.961. The van der Waals surface area contributed by atoms with E-state index < -0.39 is 0 Å². The molecule has 0 saturated carbocycles. The first-order valence-electron chi connectivity index (χ1n) is 4.98. The third-order valence-corrected chi connectivity index (χ3v) is 2.24. The van der Waals surface area contributed by atoms with Crippen LogP contribution in [-0.2, 0) is 0 Å². The Balaban J connectivity index is 2.36. The Morgan fingerprint density at radius 3 is 2.79 bits per heavy atom. The minimum Gasteiger partial charge on any atom is -0.232 e. The number of fused-ring (bicyclic) bond motifs is 1. The maximum atomic E-state index is 4.47. The number of hydrogen-bond donors (Lipinski definition) is 0. The monoisotopic (exact) mass is 188 g/mol. The molecule has 1 aromatic rings. The van der Waals surface area contributed by atoms with Crippen LogP contribution < -0.4 is 5.32 Å². The zero-order chi connectivity index (χ0) is 10.1. The van der Waals surface area contributed by atoms with E-state index in [2.05, 4.69) is 29.1 Å². The number of amidine groups is 1. The Bertz CT molecular complexity index is 394. The predicted octanol–water partition coefficient (Wildman–Crippen LogP) is 2.78. The van der Waals surface area contributed by atoms with Crippen LogP contribution in [0.3, 0.4) is 0 Å². The number of hydrogen-bond acceptors (Lipinski definition) is 2. The number of rotatable bonds is 2. The van der Waals surface area contributed by atoms with Crippen molar-refractivity contribution in [2.75, 3.05) is 0 Å². The fourth-order valence-corrected chi connectivity index (χ4v) is 1.64. The molecule has 2 rings (SSSR count). The fourth-order valence-electron chi connectivity index (χ4n) is 1.64. The molecular formula is C11H14N3. The summed E-state index contributed by atoms with van der Waals surface area (Å²) in [6.07, 6.45) is 2.02. The van der Waals surface area contributed by atoms with Gasteiger partial charge in [-0.05, 0) is 31.9 Å². The number of pyridine rings is 1. The third kappa shape index (κ3) is 1.50. The lowest BCUT2D eigenvalue weighted by atomic mass is 10.2. The van der Waals surface area contributed by atoms with Crippen molar-refractivity contribution in [1.29, 1.82) is 0 Å². The number of aryl methyl sites for hydroxylation is 2. The van der Waals surface area contributed by atoms with Gasteiger partial charge in [-0.2, -0.15) is 0 Å². The van der Waals surface area contributed by atoms with E-state index in [1.165, 1.54) is 5.56 Å². The SMILES string of the molecule is CCCC1=Nc2c(C)cc(C)nc2[N]1. The van der Waals surface area contributed by atoms with E-state index in [1.807, 2.05) is 13.0 Å². The zero-order valence-electron chi connectivity index (χ0n) is 8.83. The lowest BCUT2D eigenvalue weighted by Gasteiger charge is -2.00. The van der Waals surface area contributed by atoms with Crippen molar-refractivity contribution in [3.05, 3.63) is 17.3 Å². The van der Waals surface area contributed by atoms with Gasteiger partial charge in [0.25, 0.3) is 0 Å². The molecule has 2 heterocycles. The van der Waals surface area contributed by atoms with Gasteiger partial charge in [0.15, 0.2) is 5.82 Å². The summed E-state index contributed by atoms with van der Waals surface area (Å²) in [7, 11) is 0. The number of aromatic nitrogens is 1. The normalized spacial score (nSPS) is 13.5. The van der Waals surface area contributed by atoms with Gasteiger partial charge in [0, 0.05) is 12.1 Å². The molecule has 1 radical (unpaired) electrons. The van der Waals surface area contributed by atoms with Crippen molar-refractivity contribution in [3.63, 3.8) is 0 Å². The highest BCUT2D eigenvalue weighted by atomic mass is 15.1. The summed E-state index contributed by atoms with van der Waals surface area (Å²) < 4.78 is 0. The highest BCUT2D eigenvalue weighted by Gasteiger charge is 2.18. The van der Waals surface area contributed by atoms with Gasteiger partial charge in [0.1, 0.15) is 11.5 Å². The smallest absolute Gasteiger partial charge is 0.180 e. The lowest BCUT2D eigenvalue weighted by Crippen LogP contribution is -2.06. The molecule has 3 nitrogen and oxygen atoms in total. The van der Waals surface area contributed by atoms with Gasteiger partial charge in [-0.3, -0.25) is 0 Å². The molecule has 0 unspecified atom stereocenters. The van der Waals surface area contributed by atoms with Gasteiger partial charge in [0.2, 0.25) is 0 Å². The molecule has 0 aliphatic carbocycles. The van der Waals surface area contributed by atoms with Crippen molar-refractivity contribution in [1.82, 2.24) is 10.3 Å². The molecule has 14 heavy (non-hydrogen) atoms. The quantitative estimate of drug-likeness (QED) is 0.703. The van der Waals surface area contributed by atoms with Crippen molar-refractivity contribution in [2.45, 2.75) is 33.6 Å². The van der Waals surface area contributed by atoms with Crippen LogP contribution in [0.4, 0.5) is 11.5 Å². The third-order valence-electron chi connectivity index (χ3n) is 2.24. The molecule has 0 amide bonds. The van der Waals surface area contributed by atoms with Gasteiger partial charge in [-0.15, -0.1) is 0 Å². The largest absolute Gasteiger partial charge is 0.232 e. The van der Waals surface area contributed by atoms with Crippen LogP contribution in [0.1, 0.15) is 31.0 Å². The van der Waals surface area contributed by atoms with E-state index in [4.69, 9.17) is 0 Å². The van der Waals surface area contributed by atoms with Gasteiger partial charge in [0.05, 0.1) is 0 Å². The van der Waals surface area contributed by atoms with Crippen LogP contribution in [0.15, 0.2) is 11.1 Å². The van der Waals surface area contributed by atoms with Crippen LogP contribution in [-0.4, -0.2) is 10.8 Å². The number of nitrogens with zero attached hydrogens (tertiary/aromatic N) is 3. The van der Waals surface area contributed by atoms with E-state index in [9.17, 15) is 0 Å². The van der Waals surface area contributed by atoms with Crippen molar-refractivity contribution in [3.8, 4) is 0 Å². The molecule has 3 heteroatoms. The van der Waals surface area contributed by atoms with Gasteiger partial charge in [-0.1, -0.05) is 6.92 Å². The van der Waals surface area contributed by atoms with Gasteiger partial charge < -0.3 is 0 Å². The molecule has 1 aliphatic rings. The average Bonchev–Trinajstić information content (AvgIpc) is 2.48. The molecule has 0 N–H and O–H groups in total. The van der Waals surface area contributed by atoms with Crippen LogP contribution >= 0.6 is 0 Å². The fraction of sp³-hybridized carbons (Fsp3) is 0.455. The summed E-state index contributed by atoms with van der Waals surface area (Å²) in [5.41, 5.74) is 3.14. The molecular weight excluding hydrogens is 174 g/mol. The molecule has 0 fully saturated rings. The molecule has 1 aliphatic heterocycles. The molecule has 0 bridgehead atoms. The highest BCUT2D eigenvalue weighted by Crippen LogP contribution is 2.32. The highest BCUT2D eigenvalue weighted by molar-refractivity contribution is 5.95. The summed E-state index contributed by atoms with van der Waals surface area (Å²) in [6, 6.07) is 2.05. The Morgan fingerprint density at radius 1 is 1.29 bits per heavy atom. The van der Waals surface area contributed by atoms with Crippen LogP contribution in [0.25, 0.3) is 0 Å². The minimum absolute atomic E-state index is 0.797. The van der Waals surface area contributed by atoms with Crippen molar-refractivity contribution >= 4 is 17.3 Å². The second kappa shape index (κ2) is 3.40. The first-order chi connectivity index (χ1) is 6.70. The van der Waals surface area contributed by atoms with Crippen LogP contribution in [0.2, 0.25) is 0 Å². The van der Waals surface area contributed by atoms with E-state index in [0.29, 0.717) is 0 Å². The molecule has 0 spiro atoms. The van der Waals surface area contributed by atoms with Crippen LogP contribution in [0, 0.1) is 13.8 Å². The second-order valence-corrected chi connectivity index (χ2v) is 3.64. The maximum absolute atomic E-state index is 4.47. The summed E-state index contributed by atoms with van der Waals surface area (Å²) in [5.74, 6) is 1.72. The minimum atomic E-state index is 0.797. The summed E-state index contributed by atoms with van der Waals surface area (Å²) in [5, 5.41) is 4.40. The van der Waals surface area contributed by atoms with E-state index in [1.54, 1.807) is 0 Å². The Kier molecular flexibility index (Phi) is 2.23. The summed E-state index contributed by atoms with van der Waals surface area (Å²) >= 11 is 0. The maximum Gasteiger partial charge on any atom is 0.180 e. The second-order valence-electron chi connectivity index (χ2n) is 3.64. The van der Waals surface area contributed by atoms with E-state index in [0.717, 1.165) is 35.9 Å². The molecule has 1 aromatic heterocycles. The zero-order valence-corrected chi connectivity index (χ0v) is 8.83. The molecule has 73 valence electrons. The van der Waals surface area contributed by atoms with Crippen molar-refractivity contribution in [2.24, 2.45) is 4.99 Å². The first-order valence-corrected chi connectivity index (χ1v) is 4.98. The Labute approximate surface area is 84.3 Å². The summed E-state index contributed by atoms with van der Waals surface area (Å²) in [6.45, 7) is 6.18. The number of aliphatic imine (C=N–C) groups is 1. The predicted molar refractivity (Wildman–Crippen MR) is 57.5 cm³/mol. The van der Waals surface area contributed by atoms with Crippen molar-refractivity contribution < 1.29 is 0 Å². The molecule has 0 saturated heterocycles. The Hall–Kier alpha value is -1.38.